The maximum atomic E-state index is 13.2. The second-order valence-corrected chi connectivity index (χ2v) is 10.3. The van der Waals surface area contributed by atoms with Crippen LogP contribution in [0.25, 0.3) is 11.1 Å². The van der Waals surface area contributed by atoms with Crippen LogP contribution in [0.5, 0.6) is 0 Å². The van der Waals surface area contributed by atoms with Crippen LogP contribution < -0.4 is 4.90 Å². The molecule has 3 aromatic rings. The molecule has 37 heavy (non-hydrogen) atoms. The molecule has 1 aliphatic heterocycles. The third-order valence-corrected chi connectivity index (χ3v) is 7.80. The van der Waals surface area contributed by atoms with E-state index in [1.165, 1.54) is 22.4 Å². The Hall–Kier alpha value is -3.11. The molecule has 1 fully saturated rings. The lowest BCUT2D eigenvalue weighted by atomic mass is 9.74. The van der Waals surface area contributed by atoms with Gasteiger partial charge in [0.15, 0.2) is 0 Å². The van der Waals surface area contributed by atoms with Gasteiger partial charge in [0.1, 0.15) is 0 Å². The molecule has 1 heterocycles. The number of ether oxygens (including phenoxy) is 1. The number of piperazine rings is 1. The van der Waals surface area contributed by atoms with Crippen LogP contribution in [0, 0.1) is 6.92 Å². The van der Waals surface area contributed by atoms with Gasteiger partial charge in [-0.1, -0.05) is 86.1 Å². The van der Waals surface area contributed by atoms with Crippen molar-refractivity contribution in [2.45, 2.75) is 51.9 Å². The van der Waals surface area contributed by atoms with E-state index in [2.05, 4.69) is 84.3 Å². The van der Waals surface area contributed by atoms with Gasteiger partial charge in [-0.2, -0.15) is 0 Å². The Kier molecular flexibility index (Phi) is 9.40. The summed E-state index contributed by atoms with van der Waals surface area (Å²) in [6.07, 6.45) is 3.39. The predicted molar refractivity (Wildman–Crippen MR) is 154 cm³/mol. The highest BCUT2D eigenvalue weighted by Gasteiger charge is 2.39. The lowest BCUT2D eigenvalue weighted by Gasteiger charge is -2.37. The Labute approximate surface area is 223 Å². The summed E-state index contributed by atoms with van der Waals surface area (Å²) in [6, 6.07) is 27.9. The van der Waals surface area contributed by atoms with E-state index in [4.69, 9.17) is 4.74 Å². The van der Waals surface area contributed by atoms with Crippen LogP contribution in [0.1, 0.15) is 50.7 Å². The van der Waals surface area contributed by atoms with E-state index in [0.29, 0.717) is 6.61 Å². The van der Waals surface area contributed by atoms with Crippen molar-refractivity contribution in [2.75, 3.05) is 44.2 Å². The molecule has 4 rings (SSSR count). The molecular formula is C33H42N2O2. The topological polar surface area (TPSA) is 32.8 Å². The fourth-order valence-corrected chi connectivity index (χ4v) is 5.44. The quantitative estimate of drug-likeness (QED) is 0.270. The molecule has 0 N–H and O–H groups in total. The minimum Gasteiger partial charge on any atom is -0.465 e. The van der Waals surface area contributed by atoms with Gasteiger partial charge in [0, 0.05) is 31.9 Å². The fourth-order valence-electron chi connectivity index (χ4n) is 5.44. The maximum absolute atomic E-state index is 13.2. The summed E-state index contributed by atoms with van der Waals surface area (Å²) >= 11 is 0. The molecule has 196 valence electrons. The van der Waals surface area contributed by atoms with E-state index in [9.17, 15) is 4.79 Å². The summed E-state index contributed by atoms with van der Waals surface area (Å²) in [5, 5.41) is 0. The van der Waals surface area contributed by atoms with Crippen molar-refractivity contribution in [3.05, 3.63) is 90.0 Å². The van der Waals surface area contributed by atoms with Gasteiger partial charge in [0.25, 0.3) is 0 Å². The SMILES string of the molecule is CCCOC(=O)C(CC)(CCCN1CCN(c2cccc(-c3ccc(C)cc3)c2)CC1)c1ccccc1. The van der Waals surface area contributed by atoms with Crippen LogP contribution >= 0.6 is 0 Å². The number of hydrogen-bond acceptors (Lipinski definition) is 4. The molecule has 0 spiro atoms. The van der Waals surface area contributed by atoms with Gasteiger partial charge in [0.05, 0.1) is 12.0 Å². The van der Waals surface area contributed by atoms with Crippen molar-refractivity contribution in [1.82, 2.24) is 4.90 Å². The summed E-state index contributed by atoms with van der Waals surface area (Å²) in [4.78, 5) is 18.3. The van der Waals surface area contributed by atoms with E-state index < -0.39 is 5.41 Å². The molecule has 0 aromatic heterocycles. The minimum absolute atomic E-state index is 0.0682. The second kappa shape index (κ2) is 12.9. The molecule has 4 heteroatoms. The smallest absolute Gasteiger partial charge is 0.316 e. The number of nitrogens with zero attached hydrogens (tertiary/aromatic N) is 2. The van der Waals surface area contributed by atoms with Gasteiger partial charge in [-0.05, 0) is 68.0 Å². The van der Waals surface area contributed by atoms with Crippen LogP contribution in [-0.2, 0) is 14.9 Å². The summed E-state index contributed by atoms with van der Waals surface area (Å²) in [6.45, 7) is 11.9. The number of hydrogen-bond donors (Lipinski definition) is 0. The standard InChI is InChI=1S/C33H42N2O2/c1-4-25-37-32(36)33(5-2,30-12-7-6-8-13-30)19-10-20-34-21-23-35(24-22-34)31-14-9-11-29(26-31)28-17-15-27(3)16-18-28/h6-9,11-18,26H,4-5,10,19-25H2,1-3H3. The third kappa shape index (κ3) is 6.61. The number of benzene rings is 3. The molecule has 0 radical (unpaired) electrons. The lowest BCUT2D eigenvalue weighted by molar-refractivity contribution is -0.151. The summed E-state index contributed by atoms with van der Waals surface area (Å²) in [5.74, 6) is -0.0682. The summed E-state index contributed by atoms with van der Waals surface area (Å²) < 4.78 is 5.70. The highest BCUT2D eigenvalue weighted by molar-refractivity contribution is 5.83. The molecule has 3 aromatic carbocycles. The first kappa shape index (κ1) is 26.9. The summed E-state index contributed by atoms with van der Waals surface area (Å²) in [5.41, 5.74) is 5.64. The van der Waals surface area contributed by atoms with Crippen LogP contribution in [0.15, 0.2) is 78.9 Å². The number of anilines is 1. The molecule has 0 saturated carbocycles. The van der Waals surface area contributed by atoms with Gasteiger partial charge in [-0.25, -0.2) is 0 Å². The monoisotopic (exact) mass is 498 g/mol. The lowest BCUT2D eigenvalue weighted by Crippen LogP contribution is -2.47. The Morgan fingerprint density at radius 3 is 2.27 bits per heavy atom. The molecule has 0 amide bonds. The second-order valence-electron chi connectivity index (χ2n) is 10.3. The molecule has 0 aliphatic carbocycles. The largest absolute Gasteiger partial charge is 0.465 e. The number of esters is 1. The number of rotatable bonds is 11. The van der Waals surface area contributed by atoms with Gasteiger partial charge in [-0.3, -0.25) is 9.69 Å². The van der Waals surface area contributed by atoms with Crippen molar-refractivity contribution in [3.8, 4) is 11.1 Å². The summed E-state index contributed by atoms with van der Waals surface area (Å²) in [7, 11) is 0. The van der Waals surface area contributed by atoms with Crippen LogP contribution in [0.4, 0.5) is 5.69 Å². The zero-order chi connectivity index (χ0) is 26.1. The highest BCUT2D eigenvalue weighted by Crippen LogP contribution is 2.35. The van der Waals surface area contributed by atoms with Crippen LogP contribution in [-0.4, -0.2) is 50.2 Å². The zero-order valence-electron chi connectivity index (χ0n) is 22.8. The first-order valence-electron chi connectivity index (χ1n) is 13.9. The van der Waals surface area contributed by atoms with Crippen molar-refractivity contribution in [3.63, 3.8) is 0 Å². The first-order valence-corrected chi connectivity index (χ1v) is 13.9. The third-order valence-electron chi connectivity index (χ3n) is 7.80. The van der Waals surface area contributed by atoms with E-state index in [1.54, 1.807) is 0 Å². The van der Waals surface area contributed by atoms with Gasteiger partial charge in [-0.15, -0.1) is 0 Å². The van der Waals surface area contributed by atoms with E-state index in [0.717, 1.165) is 64.0 Å². The van der Waals surface area contributed by atoms with Crippen molar-refractivity contribution < 1.29 is 9.53 Å². The molecular weight excluding hydrogens is 456 g/mol. The van der Waals surface area contributed by atoms with Crippen molar-refractivity contribution in [2.24, 2.45) is 0 Å². The molecule has 0 bridgehead atoms. The number of carbonyl (C=O) groups is 1. The predicted octanol–water partition coefficient (Wildman–Crippen LogP) is 6.87. The molecule has 1 aliphatic rings. The van der Waals surface area contributed by atoms with Crippen LogP contribution in [0.3, 0.4) is 0 Å². The average molecular weight is 499 g/mol. The van der Waals surface area contributed by atoms with Gasteiger partial charge >= 0.3 is 5.97 Å². The van der Waals surface area contributed by atoms with Gasteiger partial charge in [0.2, 0.25) is 0 Å². The van der Waals surface area contributed by atoms with E-state index in [-0.39, 0.29) is 5.97 Å². The number of carbonyl (C=O) groups excluding carboxylic acids is 1. The first-order chi connectivity index (χ1) is 18.1. The van der Waals surface area contributed by atoms with Crippen molar-refractivity contribution >= 4 is 11.7 Å². The van der Waals surface area contributed by atoms with Crippen LogP contribution in [0.2, 0.25) is 0 Å². The molecule has 4 nitrogen and oxygen atoms in total. The minimum atomic E-state index is -0.561. The van der Waals surface area contributed by atoms with E-state index in [1.807, 2.05) is 25.1 Å². The molecule has 1 saturated heterocycles. The Morgan fingerprint density at radius 2 is 1.59 bits per heavy atom. The Bertz CT molecular complexity index is 1120. The molecule has 1 unspecified atom stereocenters. The van der Waals surface area contributed by atoms with Gasteiger partial charge < -0.3 is 9.64 Å². The Balaban J connectivity index is 1.34. The molecule has 1 atom stereocenters. The average Bonchev–Trinajstić information content (AvgIpc) is 2.95. The maximum Gasteiger partial charge on any atom is 0.316 e. The number of aryl methyl sites for hydroxylation is 1. The fraction of sp³-hybridized carbons (Fsp3) is 0.424. The normalized spacial score (nSPS) is 15.8. The highest BCUT2D eigenvalue weighted by atomic mass is 16.5. The van der Waals surface area contributed by atoms with E-state index >= 15 is 0 Å². The Morgan fingerprint density at radius 1 is 0.865 bits per heavy atom. The van der Waals surface area contributed by atoms with Crippen molar-refractivity contribution in [1.29, 1.82) is 0 Å². The zero-order valence-corrected chi connectivity index (χ0v) is 22.8.